The van der Waals surface area contributed by atoms with Crippen molar-refractivity contribution in [1.29, 1.82) is 0 Å². The Hall–Kier alpha value is -1.06. The third kappa shape index (κ3) is 3.47. The molecule has 2 rings (SSSR count). The van der Waals surface area contributed by atoms with Crippen LogP contribution in [-0.4, -0.2) is 37.0 Å². The van der Waals surface area contributed by atoms with Crippen LogP contribution in [-0.2, 0) is 0 Å². The maximum Gasteiger partial charge on any atom is 0.253 e. The van der Waals surface area contributed by atoms with Gasteiger partial charge in [0.05, 0.1) is 0 Å². The number of amides is 1. The lowest BCUT2D eigenvalue weighted by molar-refractivity contribution is 0.0708. The number of nitrogens with zero attached hydrogens (tertiary/aromatic N) is 1. The molecule has 0 unspecified atom stereocenters. The van der Waals surface area contributed by atoms with Crippen LogP contribution in [0, 0.1) is 6.92 Å². The van der Waals surface area contributed by atoms with Gasteiger partial charge in [-0.05, 0) is 38.4 Å². The van der Waals surface area contributed by atoms with Crippen molar-refractivity contribution in [3.8, 4) is 0 Å². The number of rotatable bonds is 2. The highest BCUT2D eigenvalue weighted by atomic mass is 35.5. The van der Waals surface area contributed by atoms with E-state index in [9.17, 15) is 4.79 Å². The van der Waals surface area contributed by atoms with E-state index in [4.69, 9.17) is 0 Å². The third-order valence-corrected chi connectivity index (χ3v) is 3.40. The number of carbonyl (C=O) groups is 1. The van der Waals surface area contributed by atoms with Crippen LogP contribution in [0.25, 0.3) is 0 Å². The second-order valence-corrected chi connectivity index (χ2v) is 4.79. The van der Waals surface area contributed by atoms with Crippen molar-refractivity contribution in [1.82, 2.24) is 10.2 Å². The first-order valence-electron chi connectivity index (χ1n) is 6.23. The lowest BCUT2D eigenvalue weighted by atomic mass is 10.0. The highest BCUT2D eigenvalue weighted by molar-refractivity contribution is 5.94. The Kier molecular flexibility index (Phi) is 5.63. The average molecular weight is 269 g/mol. The number of benzene rings is 1. The Labute approximate surface area is 115 Å². The summed E-state index contributed by atoms with van der Waals surface area (Å²) in [4.78, 5) is 14.2. The molecule has 4 heteroatoms. The predicted octanol–water partition coefficient (Wildman–Crippen LogP) is 2.24. The Morgan fingerprint density at radius 1 is 1.44 bits per heavy atom. The molecule has 1 aliphatic heterocycles. The van der Waals surface area contributed by atoms with Crippen molar-refractivity contribution in [3.05, 3.63) is 35.4 Å². The van der Waals surface area contributed by atoms with Gasteiger partial charge in [-0.15, -0.1) is 12.4 Å². The van der Waals surface area contributed by atoms with E-state index < -0.39 is 0 Å². The second kappa shape index (κ2) is 6.76. The van der Waals surface area contributed by atoms with Crippen molar-refractivity contribution in [2.75, 3.05) is 20.1 Å². The molecule has 1 atom stereocenters. The summed E-state index contributed by atoms with van der Waals surface area (Å²) in [5.74, 6) is 0.127. The molecule has 1 amide bonds. The number of carbonyl (C=O) groups excluding carboxylic acids is 1. The van der Waals surface area contributed by atoms with Gasteiger partial charge in [-0.2, -0.15) is 0 Å². The minimum absolute atomic E-state index is 0. The van der Waals surface area contributed by atoms with Gasteiger partial charge in [0, 0.05) is 25.2 Å². The van der Waals surface area contributed by atoms with E-state index in [-0.39, 0.29) is 18.3 Å². The fraction of sp³-hybridized carbons (Fsp3) is 0.500. The van der Waals surface area contributed by atoms with Gasteiger partial charge >= 0.3 is 0 Å². The predicted molar refractivity (Wildman–Crippen MR) is 76.4 cm³/mol. The van der Waals surface area contributed by atoms with Crippen molar-refractivity contribution in [2.24, 2.45) is 0 Å². The molecule has 0 spiro atoms. The third-order valence-electron chi connectivity index (χ3n) is 3.40. The van der Waals surface area contributed by atoms with E-state index in [1.54, 1.807) is 0 Å². The second-order valence-electron chi connectivity index (χ2n) is 4.79. The summed E-state index contributed by atoms with van der Waals surface area (Å²) in [6.07, 6.45) is 2.25. The monoisotopic (exact) mass is 268 g/mol. The fourth-order valence-corrected chi connectivity index (χ4v) is 2.31. The number of nitrogens with one attached hydrogen (secondary N) is 1. The maximum atomic E-state index is 12.3. The molecule has 1 aliphatic rings. The van der Waals surface area contributed by atoms with Gasteiger partial charge in [0.1, 0.15) is 0 Å². The summed E-state index contributed by atoms with van der Waals surface area (Å²) in [6.45, 7) is 4.00. The van der Waals surface area contributed by atoms with Crippen molar-refractivity contribution >= 4 is 18.3 Å². The first kappa shape index (κ1) is 15.0. The van der Waals surface area contributed by atoms with Crippen LogP contribution in [0.15, 0.2) is 24.3 Å². The molecular weight excluding hydrogens is 248 g/mol. The van der Waals surface area contributed by atoms with Gasteiger partial charge < -0.3 is 10.2 Å². The zero-order valence-electron chi connectivity index (χ0n) is 11.0. The lowest BCUT2D eigenvalue weighted by Gasteiger charge is -2.31. The molecule has 1 heterocycles. The van der Waals surface area contributed by atoms with Gasteiger partial charge in [0.15, 0.2) is 0 Å². The molecular formula is C14H21ClN2O. The van der Waals surface area contributed by atoms with E-state index in [2.05, 4.69) is 5.32 Å². The number of hydrogen-bond acceptors (Lipinski definition) is 2. The first-order chi connectivity index (χ1) is 8.18. The molecule has 0 bridgehead atoms. The number of aryl methyl sites for hydroxylation is 1. The molecule has 0 saturated carbocycles. The van der Waals surface area contributed by atoms with E-state index in [0.717, 1.165) is 37.1 Å². The molecule has 1 aromatic carbocycles. The van der Waals surface area contributed by atoms with Gasteiger partial charge in [-0.3, -0.25) is 4.79 Å². The molecule has 100 valence electrons. The van der Waals surface area contributed by atoms with E-state index >= 15 is 0 Å². The summed E-state index contributed by atoms with van der Waals surface area (Å²) in [5.41, 5.74) is 1.92. The van der Waals surface area contributed by atoms with Gasteiger partial charge in [0.2, 0.25) is 0 Å². The summed E-state index contributed by atoms with van der Waals surface area (Å²) in [5, 5.41) is 3.34. The molecule has 0 aliphatic carbocycles. The largest absolute Gasteiger partial charge is 0.337 e. The molecule has 0 aromatic heterocycles. The van der Waals surface area contributed by atoms with Crippen LogP contribution in [0.2, 0.25) is 0 Å². The summed E-state index contributed by atoms with van der Waals surface area (Å²) < 4.78 is 0. The maximum absolute atomic E-state index is 12.3. The van der Waals surface area contributed by atoms with Crippen LogP contribution < -0.4 is 5.32 Å². The SMILES string of the molecule is Cc1cccc(C(=O)N(C)[C@@H]2CCCNC2)c1.Cl. The van der Waals surface area contributed by atoms with E-state index in [0.29, 0.717) is 6.04 Å². The van der Waals surface area contributed by atoms with E-state index in [1.807, 2.05) is 43.1 Å². The van der Waals surface area contributed by atoms with Crippen molar-refractivity contribution < 1.29 is 4.79 Å². The highest BCUT2D eigenvalue weighted by Crippen LogP contribution is 2.13. The van der Waals surface area contributed by atoms with E-state index in [1.165, 1.54) is 0 Å². The molecule has 3 nitrogen and oxygen atoms in total. The fourth-order valence-electron chi connectivity index (χ4n) is 2.31. The molecule has 1 aromatic rings. The Balaban J connectivity index is 0.00000162. The molecule has 18 heavy (non-hydrogen) atoms. The number of likely N-dealkylation sites (N-methyl/N-ethyl adjacent to an activating group) is 1. The summed E-state index contributed by atoms with van der Waals surface area (Å²) in [7, 11) is 1.91. The van der Waals surface area contributed by atoms with Crippen molar-refractivity contribution in [3.63, 3.8) is 0 Å². The quantitative estimate of drug-likeness (QED) is 0.892. The topological polar surface area (TPSA) is 32.3 Å². The van der Waals surface area contributed by atoms with Crippen LogP contribution in [0.1, 0.15) is 28.8 Å². The van der Waals surface area contributed by atoms with Gasteiger partial charge in [-0.25, -0.2) is 0 Å². The van der Waals surface area contributed by atoms with Crippen LogP contribution in [0.3, 0.4) is 0 Å². The molecule has 1 N–H and O–H groups in total. The summed E-state index contributed by atoms with van der Waals surface area (Å²) in [6, 6.07) is 8.13. The Morgan fingerprint density at radius 2 is 2.22 bits per heavy atom. The van der Waals surface area contributed by atoms with Gasteiger partial charge in [0.25, 0.3) is 5.91 Å². The number of hydrogen-bond donors (Lipinski definition) is 1. The van der Waals surface area contributed by atoms with Crippen LogP contribution >= 0.6 is 12.4 Å². The minimum Gasteiger partial charge on any atom is -0.337 e. The smallest absolute Gasteiger partial charge is 0.253 e. The highest BCUT2D eigenvalue weighted by Gasteiger charge is 2.22. The molecule has 1 saturated heterocycles. The first-order valence-corrected chi connectivity index (χ1v) is 6.23. The Bertz CT molecular complexity index is 403. The lowest BCUT2D eigenvalue weighted by Crippen LogP contribution is -2.46. The van der Waals surface area contributed by atoms with Crippen molar-refractivity contribution in [2.45, 2.75) is 25.8 Å². The van der Waals surface area contributed by atoms with Crippen LogP contribution in [0.5, 0.6) is 0 Å². The molecule has 1 fully saturated rings. The zero-order chi connectivity index (χ0) is 12.3. The van der Waals surface area contributed by atoms with Crippen LogP contribution in [0.4, 0.5) is 0 Å². The van der Waals surface area contributed by atoms with Gasteiger partial charge in [-0.1, -0.05) is 17.7 Å². The molecule has 0 radical (unpaired) electrons. The average Bonchev–Trinajstić information content (AvgIpc) is 2.38. The Morgan fingerprint density at radius 3 is 2.83 bits per heavy atom. The number of piperidine rings is 1. The standard InChI is InChI=1S/C14H20N2O.ClH/c1-11-5-3-6-12(9-11)14(17)16(2)13-7-4-8-15-10-13;/h3,5-6,9,13,15H,4,7-8,10H2,1-2H3;1H/t13-;/m1./s1. The number of halogens is 1. The summed E-state index contributed by atoms with van der Waals surface area (Å²) >= 11 is 0. The normalized spacial score (nSPS) is 18.9. The zero-order valence-corrected chi connectivity index (χ0v) is 11.8. The minimum atomic E-state index is 0.